The molecule has 2 heterocycles. The van der Waals surface area contributed by atoms with E-state index >= 15 is 0 Å². The molecule has 0 unspecified atom stereocenters. The Morgan fingerprint density at radius 1 is 1.09 bits per heavy atom. The number of halogens is 1. The second-order valence-electron chi connectivity index (χ2n) is 5.33. The van der Waals surface area contributed by atoms with Gasteiger partial charge in [0.25, 0.3) is 0 Å². The van der Waals surface area contributed by atoms with Gasteiger partial charge in [0, 0.05) is 17.0 Å². The zero-order valence-electron chi connectivity index (χ0n) is 11.8. The Morgan fingerprint density at radius 2 is 1.91 bits per heavy atom. The van der Waals surface area contributed by atoms with Crippen molar-refractivity contribution in [2.45, 2.75) is 6.92 Å². The van der Waals surface area contributed by atoms with Gasteiger partial charge in [0.2, 0.25) is 5.43 Å². The smallest absolute Gasteiger partial charge is 0.225 e. The molecule has 0 aliphatic rings. The molecule has 0 radical (unpaired) electrons. The van der Waals surface area contributed by atoms with Crippen molar-refractivity contribution in [2.24, 2.45) is 0 Å². The summed E-state index contributed by atoms with van der Waals surface area (Å²) in [5.41, 5.74) is 3.11. The molecule has 3 nitrogen and oxygen atoms in total. The average molecular weight is 293 g/mol. The number of furan rings is 1. The lowest BCUT2D eigenvalue weighted by Crippen LogP contribution is -2.01. The molecule has 2 aromatic heterocycles. The first-order valence-electron chi connectivity index (χ1n) is 6.94. The highest BCUT2D eigenvalue weighted by molar-refractivity contribution is 6.03. The van der Waals surface area contributed by atoms with Crippen molar-refractivity contribution in [3.63, 3.8) is 0 Å². The molecule has 4 rings (SSSR count). The fourth-order valence-electron chi connectivity index (χ4n) is 2.70. The van der Waals surface area contributed by atoms with Crippen LogP contribution < -0.4 is 5.43 Å². The number of H-pyrrole nitrogens is 1. The van der Waals surface area contributed by atoms with Gasteiger partial charge in [-0.25, -0.2) is 4.39 Å². The third-order valence-corrected chi connectivity index (χ3v) is 3.77. The molecule has 0 saturated heterocycles. The monoisotopic (exact) mass is 293 g/mol. The topological polar surface area (TPSA) is 46.0 Å². The summed E-state index contributed by atoms with van der Waals surface area (Å²) in [6.07, 6.45) is 0. The summed E-state index contributed by atoms with van der Waals surface area (Å²) in [6.45, 7) is 1.97. The minimum Gasteiger partial charge on any atom is -0.450 e. The largest absolute Gasteiger partial charge is 0.450 e. The van der Waals surface area contributed by atoms with Gasteiger partial charge >= 0.3 is 0 Å². The van der Waals surface area contributed by atoms with Crippen LogP contribution in [0.4, 0.5) is 4.39 Å². The molecule has 0 spiro atoms. The van der Waals surface area contributed by atoms with Gasteiger partial charge < -0.3 is 9.40 Å². The van der Waals surface area contributed by atoms with Crippen LogP contribution in [0.15, 0.2) is 57.7 Å². The number of aryl methyl sites for hydroxylation is 1. The van der Waals surface area contributed by atoms with Crippen LogP contribution in [0, 0.1) is 12.7 Å². The standard InChI is InChI=1S/C18H12FNO2/c1-10-6-7-16-12(8-10)17-18(22-16)15(21)9-14(20-17)11-4-2-3-5-13(11)19/h2-9H,1H3,(H,20,21). The fourth-order valence-corrected chi connectivity index (χ4v) is 2.70. The maximum Gasteiger partial charge on any atom is 0.225 e. The van der Waals surface area contributed by atoms with E-state index in [0.29, 0.717) is 22.4 Å². The molecule has 1 N–H and O–H groups in total. The van der Waals surface area contributed by atoms with E-state index in [2.05, 4.69) is 4.98 Å². The van der Waals surface area contributed by atoms with E-state index < -0.39 is 0 Å². The summed E-state index contributed by atoms with van der Waals surface area (Å²) in [4.78, 5) is 15.4. The van der Waals surface area contributed by atoms with Crippen molar-refractivity contribution >= 4 is 22.1 Å². The van der Waals surface area contributed by atoms with E-state index in [-0.39, 0.29) is 16.8 Å². The van der Waals surface area contributed by atoms with Crippen molar-refractivity contribution in [3.8, 4) is 11.3 Å². The van der Waals surface area contributed by atoms with Crippen molar-refractivity contribution in [2.75, 3.05) is 0 Å². The zero-order valence-corrected chi connectivity index (χ0v) is 11.8. The molecule has 0 bridgehead atoms. The van der Waals surface area contributed by atoms with E-state index in [1.807, 2.05) is 25.1 Å². The Hall–Kier alpha value is -2.88. The van der Waals surface area contributed by atoms with Crippen LogP contribution in [0.1, 0.15) is 5.56 Å². The number of hydrogen-bond donors (Lipinski definition) is 1. The number of fused-ring (bicyclic) bond motifs is 3. The molecule has 4 aromatic rings. The first-order valence-corrected chi connectivity index (χ1v) is 6.94. The van der Waals surface area contributed by atoms with E-state index in [1.54, 1.807) is 18.2 Å². The van der Waals surface area contributed by atoms with Gasteiger partial charge in [-0.3, -0.25) is 4.79 Å². The normalized spacial score (nSPS) is 11.4. The molecule has 0 amide bonds. The number of pyridine rings is 1. The van der Waals surface area contributed by atoms with Gasteiger partial charge in [0.15, 0.2) is 5.58 Å². The van der Waals surface area contributed by atoms with E-state index in [1.165, 1.54) is 12.1 Å². The van der Waals surface area contributed by atoms with E-state index in [0.717, 1.165) is 10.9 Å². The van der Waals surface area contributed by atoms with Gasteiger partial charge in [-0.2, -0.15) is 0 Å². The predicted molar refractivity (Wildman–Crippen MR) is 84.5 cm³/mol. The number of rotatable bonds is 1. The Morgan fingerprint density at radius 3 is 2.73 bits per heavy atom. The molecular weight excluding hydrogens is 281 g/mol. The van der Waals surface area contributed by atoms with Crippen LogP contribution in [0.5, 0.6) is 0 Å². The lowest BCUT2D eigenvalue weighted by molar-refractivity contribution is 0.630. The highest BCUT2D eigenvalue weighted by Crippen LogP contribution is 2.28. The molecule has 4 heteroatoms. The minimum atomic E-state index is -0.374. The Labute approximate surface area is 125 Å². The third-order valence-electron chi connectivity index (χ3n) is 3.77. The highest BCUT2D eigenvalue weighted by Gasteiger charge is 2.14. The van der Waals surface area contributed by atoms with Gasteiger partial charge in [-0.15, -0.1) is 0 Å². The maximum atomic E-state index is 14.0. The summed E-state index contributed by atoms with van der Waals surface area (Å²) >= 11 is 0. The Bertz CT molecular complexity index is 1080. The Kier molecular flexibility index (Phi) is 2.66. The van der Waals surface area contributed by atoms with Gasteiger partial charge in [-0.05, 0) is 31.2 Å². The van der Waals surface area contributed by atoms with Crippen LogP contribution in [-0.2, 0) is 0 Å². The van der Waals surface area contributed by atoms with Crippen molar-refractivity contribution in [3.05, 3.63) is 70.1 Å². The van der Waals surface area contributed by atoms with Crippen LogP contribution >= 0.6 is 0 Å². The van der Waals surface area contributed by atoms with Crippen LogP contribution in [-0.4, -0.2) is 4.98 Å². The van der Waals surface area contributed by atoms with Gasteiger partial charge in [0.1, 0.15) is 11.4 Å². The van der Waals surface area contributed by atoms with Crippen molar-refractivity contribution < 1.29 is 8.81 Å². The number of aromatic nitrogens is 1. The summed E-state index contributed by atoms with van der Waals surface area (Å²) in [5, 5.41) is 0.824. The number of hydrogen-bond acceptors (Lipinski definition) is 2. The number of nitrogens with one attached hydrogen (secondary N) is 1. The number of aromatic amines is 1. The summed E-state index contributed by atoms with van der Waals surface area (Å²) in [7, 11) is 0. The molecule has 2 aromatic carbocycles. The van der Waals surface area contributed by atoms with E-state index in [9.17, 15) is 9.18 Å². The van der Waals surface area contributed by atoms with Gasteiger partial charge in [-0.1, -0.05) is 23.8 Å². The zero-order chi connectivity index (χ0) is 15.3. The molecule has 0 aliphatic heterocycles. The SMILES string of the molecule is Cc1ccc2oc3c(=O)cc(-c4ccccc4F)[nH]c3c2c1. The molecule has 22 heavy (non-hydrogen) atoms. The summed E-state index contributed by atoms with van der Waals surface area (Å²) in [6, 6.07) is 13.4. The molecule has 0 atom stereocenters. The predicted octanol–water partition coefficient (Wildman–Crippen LogP) is 4.39. The second-order valence-corrected chi connectivity index (χ2v) is 5.33. The second kappa shape index (κ2) is 4.56. The van der Waals surface area contributed by atoms with Gasteiger partial charge in [0.05, 0.1) is 11.2 Å². The average Bonchev–Trinajstić information content (AvgIpc) is 2.86. The fraction of sp³-hybridized carbons (Fsp3) is 0.0556. The van der Waals surface area contributed by atoms with Crippen LogP contribution in [0.2, 0.25) is 0 Å². The number of benzene rings is 2. The van der Waals surface area contributed by atoms with Crippen molar-refractivity contribution in [1.29, 1.82) is 0 Å². The van der Waals surface area contributed by atoms with Crippen LogP contribution in [0.3, 0.4) is 0 Å². The molecule has 0 aliphatic carbocycles. The quantitative estimate of drug-likeness (QED) is 0.566. The molecule has 108 valence electrons. The Balaban J connectivity index is 2.11. The van der Waals surface area contributed by atoms with Crippen LogP contribution in [0.25, 0.3) is 33.3 Å². The lowest BCUT2D eigenvalue weighted by Gasteiger charge is -2.03. The minimum absolute atomic E-state index is 0.263. The first kappa shape index (κ1) is 12.8. The summed E-state index contributed by atoms with van der Waals surface area (Å²) < 4.78 is 19.6. The molecular formula is C18H12FNO2. The van der Waals surface area contributed by atoms with E-state index in [4.69, 9.17) is 4.42 Å². The summed E-state index contributed by atoms with van der Waals surface area (Å²) in [5.74, 6) is -0.374. The highest BCUT2D eigenvalue weighted by atomic mass is 19.1. The third kappa shape index (κ3) is 1.84. The first-order chi connectivity index (χ1) is 10.6. The molecule has 0 fully saturated rings. The lowest BCUT2D eigenvalue weighted by atomic mass is 10.1. The maximum absolute atomic E-state index is 14.0. The molecule has 0 saturated carbocycles. The van der Waals surface area contributed by atoms with Crippen molar-refractivity contribution in [1.82, 2.24) is 4.98 Å².